The molecule has 0 spiro atoms. The third-order valence-electron chi connectivity index (χ3n) is 3.92. The Morgan fingerprint density at radius 3 is 2.91 bits per heavy atom. The van der Waals surface area contributed by atoms with Crippen molar-refractivity contribution in [1.82, 2.24) is 4.31 Å². The van der Waals surface area contributed by atoms with Gasteiger partial charge in [-0.05, 0) is 30.5 Å². The number of thioether (sulfide) groups is 1. The van der Waals surface area contributed by atoms with E-state index in [2.05, 4.69) is 6.07 Å². The van der Waals surface area contributed by atoms with Crippen LogP contribution in [0, 0.1) is 0 Å². The fourth-order valence-electron chi connectivity index (χ4n) is 2.79. The van der Waals surface area contributed by atoms with Crippen LogP contribution in [0.5, 0.6) is 11.5 Å². The summed E-state index contributed by atoms with van der Waals surface area (Å²) in [7, 11) is -3.10. The first-order valence-corrected chi connectivity index (χ1v) is 10.2. The summed E-state index contributed by atoms with van der Waals surface area (Å²) in [5.74, 6) is 2.64. The molecule has 0 aromatic heterocycles. The maximum atomic E-state index is 12.2. The lowest BCUT2D eigenvalue weighted by molar-refractivity contribution is 0.174. The van der Waals surface area contributed by atoms with Gasteiger partial charge in [-0.2, -0.15) is 11.8 Å². The first-order chi connectivity index (χ1) is 10.6. The SMILES string of the molecule is CCCS(=O)(=O)N1CCSC(c2ccc3c(c2)OCO3)CC1. The van der Waals surface area contributed by atoms with E-state index in [1.54, 1.807) is 4.31 Å². The smallest absolute Gasteiger partial charge is 0.231 e. The number of hydrogen-bond acceptors (Lipinski definition) is 5. The second-order valence-corrected chi connectivity index (χ2v) is 8.87. The van der Waals surface area contributed by atoms with Gasteiger partial charge in [0.25, 0.3) is 0 Å². The lowest BCUT2D eigenvalue weighted by Crippen LogP contribution is -2.34. The van der Waals surface area contributed by atoms with Crippen LogP contribution >= 0.6 is 11.8 Å². The molecular weight excluding hydrogens is 322 g/mol. The van der Waals surface area contributed by atoms with Crippen molar-refractivity contribution in [3.63, 3.8) is 0 Å². The number of fused-ring (bicyclic) bond motifs is 1. The minimum atomic E-state index is -3.10. The maximum Gasteiger partial charge on any atom is 0.231 e. The van der Waals surface area contributed by atoms with E-state index in [1.807, 2.05) is 30.8 Å². The molecular formula is C15H21NO4S2. The topological polar surface area (TPSA) is 55.8 Å². The molecule has 1 aromatic carbocycles. The Kier molecular flexibility index (Phi) is 4.84. The number of ether oxygens (including phenoxy) is 2. The molecule has 122 valence electrons. The van der Waals surface area contributed by atoms with Crippen LogP contribution in [0.4, 0.5) is 0 Å². The summed E-state index contributed by atoms with van der Waals surface area (Å²) in [6.07, 6.45) is 1.49. The van der Waals surface area contributed by atoms with Gasteiger partial charge in [-0.25, -0.2) is 12.7 Å². The third-order valence-corrected chi connectivity index (χ3v) is 7.33. The van der Waals surface area contributed by atoms with Crippen LogP contribution < -0.4 is 9.47 Å². The molecule has 0 saturated carbocycles. The molecule has 1 atom stereocenters. The van der Waals surface area contributed by atoms with Crippen LogP contribution in [0.3, 0.4) is 0 Å². The van der Waals surface area contributed by atoms with E-state index in [-0.39, 0.29) is 12.5 Å². The van der Waals surface area contributed by atoms with Crippen molar-refractivity contribution in [2.24, 2.45) is 0 Å². The fraction of sp³-hybridized carbons (Fsp3) is 0.600. The van der Waals surface area contributed by atoms with E-state index < -0.39 is 10.0 Å². The fourth-order valence-corrected chi connectivity index (χ4v) is 5.66. The summed E-state index contributed by atoms with van der Waals surface area (Å²) in [4.78, 5) is 0. The van der Waals surface area contributed by atoms with Gasteiger partial charge in [0.1, 0.15) is 0 Å². The van der Waals surface area contributed by atoms with Crippen LogP contribution in [-0.2, 0) is 10.0 Å². The van der Waals surface area contributed by atoms with Gasteiger partial charge >= 0.3 is 0 Å². The van der Waals surface area contributed by atoms with Gasteiger partial charge < -0.3 is 9.47 Å². The van der Waals surface area contributed by atoms with Crippen LogP contribution in [0.2, 0.25) is 0 Å². The molecule has 5 nitrogen and oxygen atoms in total. The monoisotopic (exact) mass is 343 g/mol. The average molecular weight is 343 g/mol. The van der Waals surface area contributed by atoms with E-state index in [0.29, 0.717) is 24.8 Å². The van der Waals surface area contributed by atoms with Crippen molar-refractivity contribution in [3.05, 3.63) is 23.8 Å². The Labute approximate surface area is 136 Å². The molecule has 1 unspecified atom stereocenters. The van der Waals surface area contributed by atoms with E-state index in [0.717, 1.165) is 23.7 Å². The molecule has 1 aromatic rings. The van der Waals surface area contributed by atoms with Gasteiger partial charge in [0.05, 0.1) is 5.75 Å². The molecule has 0 amide bonds. The zero-order valence-electron chi connectivity index (χ0n) is 12.7. The number of sulfonamides is 1. The van der Waals surface area contributed by atoms with Gasteiger partial charge in [0.15, 0.2) is 11.5 Å². The molecule has 0 N–H and O–H groups in total. The standard InChI is InChI=1S/C15H21NO4S2/c1-2-9-22(17,18)16-6-5-15(21-8-7-16)12-3-4-13-14(10-12)20-11-19-13/h3-4,10,15H,2,5-9,11H2,1H3. The molecule has 22 heavy (non-hydrogen) atoms. The maximum absolute atomic E-state index is 12.2. The van der Waals surface area contributed by atoms with E-state index in [4.69, 9.17) is 9.47 Å². The second kappa shape index (κ2) is 6.68. The van der Waals surface area contributed by atoms with Crippen molar-refractivity contribution < 1.29 is 17.9 Å². The van der Waals surface area contributed by atoms with Crippen molar-refractivity contribution in [1.29, 1.82) is 0 Å². The van der Waals surface area contributed by atoms with Gasteiger partial charge in [-0.3, -0.25) is 0 Å². The van der Waals surface area contributed by atoms with Crippen LogP contribution in [0.1, 0.15) is 30.6 Å². The number of hydrogen-bond donors (Lipinski definition) is 0. The molecule has 2 aliphatic heterocycles. The van der Waals surface area contributed by atoms with Gasteiger partial charge in [-0.15, -0.1) is 0 Å². The van der Waals surface area contributed by atoms with Crippen molar-refractivity contribution in [2.45, 2.75) is 25.0 Å². The lowest BCUT2D eigenvalue weighted by atomic mass is 10.1. The molecule has 0 aliphatic carbocycles. The summed E-state index contributed by atoms with van der Waals surface area (Å²) in [6.45, 7) is 3.38. The van der Waals surface area contributed by atoms with Gasteiger partial charge in [-0.1, -0.05) is 13.0 Å². The van der Waals surface area contributed by atoms with Crippen molar-refractivity contribution >= 4 is 21.8 Å². The number of rotatable bonds is 4. The molecule has 1 fully saturated rings. The van der Waals surface area contributed by atoms with Crippen LogP contribution in [0.25, 0.3) is 0 Å². The third kappa shape index (κ3) is 3.36. The average Bonchev–Trinajstić information content (AvgIpc) is 2.80. The Morgan fingerprint density at radius 2 is 2.09 bits per heavy atom. The molecule has 0 bridgehead atoms. The quantitative estimate of drug-likeness (QED) is 0.841. The highest BCUT2D eigenvalue weighted by Gasteiger charge is 2.27. The van der Waals surface area contributed by atoms with E-state index in [1.165, 1.54) is 5.56 Å². The molecule has 1 saturated heterocycles. The summed E-state index contributed by atoms with van der Waals surface area (Å²) in [5, 5.41) is 0.302. The van der Waals surface area contributed by atoms with Crippen LogP contribution in [-0.4, -0.2) is 44.1 Å². The molecule has 2 aliphatic rings. The molecule has 2 heterocycles. The second-order valence-electron chi connectivity index (χ2n) is 5.48. The zero-order chi connectivity index (χ0) is 15.6. The largest absolute Gasteiger partial charge is 0.454 e. The first kappa shape index (κ1) is 16.0. The van der Waals surface area contributed by atoms with Crippen molar-refractivity contribution in [3.8, 4) is 11.5 Å². The predicted octanol–water partition coefficient (Wildman–Crippen LogP) is 2.64. The zero-order valence-corrected chi connectivity index (χ0v) is 14.3. The summed E-state index contributed by atoms with van der Waals surface area (Å²) in [5.41, 5.74) is 1.18. The van der Waals surface area contributed by atoms with Gasteiger partial charge in [0.2, 0.25) is 16.8 Å². The summed E-state index contributed by atoms with van der Waals surface area (Å²) >= 11 is 1.82. The minimum Gasteiger partial charge on any atom is -0.454 e. The Hall–Kier alpha value is -0.920. The number of nitrogens with zero attached hydrogens (tertiary/aromatic N) is 1. The molecule has 3 rings (SSSR count). The Balaban J connectivity index is 1.70. The van der Waals surface area contributed by atoms with E-state index in [9.17, 15) is 8.42 Å². The van der Waals surface area contributed by atoms with Crippen molar-refractivity contribution in [2.75, 3.05) is 31.4 Å². The van der Waals surface area contributed by atoms with E-state index >= 15 is 0 Å². The summed E-state index contributed by atoms with van der Waals surface area (Å²) in [6, 6.07) is 6.02. The molecule has 0 radical (unpaired) electrons. The number of benzene rings is 1. The van der Waals surface area contributed by atoms with Crippen LogP contribution in [0.15, 0.2) is 18.2 Å². The predicted molar refractivity (Wildman–Crippen MR) is 88.0 cm³/mol. The lowest BCUT2D eigenvalue weighted by Gasteiger charge is -2.19. The van der Waals surface area contributed by atoms with Gasteiger partial charge in [0, 0.05) is 24.1 Å². The molecule has 7 heteroatoms. The highest BCUT2D eigenvalue weighted by atomic mass is 32.2. The Bertz CT molecular complexity index is 632. The Morgan fingerprint density at radius 1 is 1.27 bits per heavy atom. The first-order valence-electron chi connectivity index (χ1n) is 7.59. The normalized spacial score (nSPS) is 22.5. The highest BCUT2D eigenvalue weighted by molar-refractivity contribution is 7.99. The summed E-state index contributed by atoms with van der Waals surface area (Å²) < 4.78 is 36.8. The highest BCUT2D eigenvalue weighted by Crippen LogP contribution is 2.40. The minimum absolute atomic E-state index is 0.242.